The third-order valence-electron chi connectivity index (χ3n) is 4.17. The van der Waals surface area contributed by atoms with Gasteiger partial charge in [0.15, 0.2) is 0 Å². The SMILES string of the molecule is COc1ccc(OC)c(S(=O)(=O)Nc2cccc(-n3nncc3C(C)C)c2)c1. The summed E-state index contributed by atoms with van der Waals surface area (Å²) < 4.78 is 40.5. The molecule has 148 valence electrons. The minimum Gasteiger partial charge on any atom is -0.497 e. The van der Waals surface area contributed by atoms with Crippen molar-refractivity contribution in [3.63, 3.8) is 0 Å². The second-order valence-electron chi connectivity index (χ2n) is 6.40. The van der Waals surface area contributed by atoms with Crippen molar-refractivity contribution in [2.24, 2.45) is 0 Å². The summed E-state index contributed by atoms with van der Waals surface area (Å²) in [5.74, 6) is 0.860. The molecule has 3 aromatic rings. The number of ether oxygens (including phenoxy) is 2. The molecule has 0 aliphatic rings. The third-order valence-corrected chi connectivity index (χ3v) is 5.57. The van der Waals surface area contributed by atoms with Crippen LogP contribution in [0.25, 0.3) is 5.69 Å². The number of aromatic nitrogens is 3. The number of nitrogens with one attached hydrogen (secondary N) is 1. The minimum atomic E-state index is -3.90. The molecule has 1 N–H and O–H groups in total. The molecule has 0 aliphatic carbocycles. The first-order valence-corrected chi connectivity index (χ1v) is 10.1. The van der Waals surface area contributed by atoms with E-state index in [1.165, 1.54) is 20.3 Å². The van der Waals surface area contributed by atoms with Crippen LogP contribution in [0, 0.1) is 0 Å². The molecule has 3 rings (SSSR count). The standard InChI is InChI=1S/C19H22N4O4S/c1-13(2)17-12-20-22-23(17)15-7-5-6-14(10-15)21-28(24,25)19-11-16(26-3)8-9-18(19)27-4/h5-13,21H,1-4H3. The van der Waals surface area contributed by atoms with E-state index in [9.17, 15) is 8.42 Å². The number of methoxy groups -OCH3 is 2. The normalized spacial score (nSPS) is 11.5. The zero-order valence-electron chi connectivity index (χ0n) is 16.1. The van der Waals surface area contributed by atoms with E-state index in [0.29, 0.717) is 17.1 Å². The first kappa shape index (κ1) is 19.7. The Morgan fingerprint density at radius 2 is 1.86 bits per heavy atom. The molecule has 1 heterocycles. The number of hydrogen-bond acceptors (Lipinski definition) is 6. The summed E-state index contributed by atoms with van der Waals surface area (Å²) in [4.78, 5) is -0.0108. The molecule has 8 nitrogen and oxygen atoms in total. The maximum Gasteiger partial charge on any atom is 0.265 e. The van der Waals surface area contributed by atoms with Crippen molar-refractivity contribution >= 4 is 15.7 Å². The lowest BCUT2D eigenvalue weighted by atomic mass is 10.1. The lowest BCUT2D eigenvalue weighted by molar-refractivity contribution is 0.392. The van der Waals surface area contributed by atoms with Gasteiger partial charge in [-0.05, 0) is 36.2 Å². The molecule has 0 spiro atoms. The second kappa shape index (κ2) is 7.89. The number of rotatable bonds is 7. The van der Waals surface area contributed by atoms with Gasteiger partial charge in [-0.15, -0.1) is 5.10 Å². The fraction of sp³-hybridized carbons (Fsp3) is 0.263. The van der Waals surface area contributed by atoms with Gasteiger partial charge in [-0.25, -0.2) is 13.1 Å². The van der Waals surface area contributed by atoms with Gasteiger partial charge in [0.25, 0.3) is 10.0 Å². The van der Waals surface area contributed by atoms with Crippen LogP contribution in [0.5, 0.6) is 11.5 Å². The van der Waals surface area contributed by atoms with E-state index in [0.717, 1.165) is 5.69 Å². The van der Waals surface area contributed by atoms with Crippen molar-refractivity contribution in [1.82, 2.24) is 15.0 Å². The smallest absolute Gasteiger partial charge is 0.265 e. The van der Waals surface area contributed by atoms with Crippen LogP contribution in [-0.4, -0.2) is 37.6 Å². The molecule has 0 radical (unpaired) electrons. The number of sulfonamides is 1. The molecule has 0 saturated carbocycles. The lowest BCUT2D eigenvalue weighted by Crippen LogP contribution is -2.14. The van der Waals surface area contributed by atoms with Crippen molar-refractivity contribution in [1.29, 1.82) is 0 Å². The van der Waals surface area contributed by atoms with Crippen LogP contribution in [0.4, 0.5) is 5.69 Å². The molecule has 0 unspecified atom stereocenters. The third kappa shape index (κ3) is 3.94. The molecule has 0 bridgehead atoms. The quantitative estimate of drug-likeness (QED) is 0.652. The van der Waals surface area contributed by atoms with E-state index in [1.807, 2.05) is 19.9 Å². The topological polar surface area (TPSA) is 95.3 Å². The average molecular weight is 402 g/mol. The van der Waals surface area contributed by atoms with Crippen LogP contribution in [0.3, 0.4) is 0 Å². The molecule has 2 aromatic carbocycles. The number of nitrogens with zero attached hydrogens (tertiary/aromatic N) is 3. The zero-order chi connectivity index (χ0) is 20.3. The molecule has 28 heavy (non-hydrogen) atoms. The lowest BCUT2D eigenvalue weighted by Gasteiger charge is -2.14. The summed E-state index contributed by atoms with van der Waals surface area (Å²) in [6, 6.07) is 11.6. The molecule has 0 fully saturated rings. The van der Waals surface area contributed by atoms with E-state index in [4.69, 9.17) is 9.47 Å². The maximum absolute atomic E-state index is 12.9. The molecular formula is C19H22N4O4S. The highest BCUT2D eigenvalue weighted by molar-refractivity contribution is 7.92. The predicted octanol–water partition coefficient (Wildman–Crippen LogP) is 3.21. The molecule has 0 amide bonds. The van der Waals surface area contributed by atoms with Crippen LogP contribution < -0.4 is 14.2 Å². The summed E-state index contributed by atoms with van der Waals surface area (Å²) in [6.07, 6.45) is 1.70. The Bertz CT molecular complexity index is 1080. The zero-order valence-corrected chi connectivity index (χ0v) is 16.9. The monoisotopic (exact) mass is 402 g/mol. The maximum atomic E-state index is 12.9. The van der Waals surface area contributed by atoms with Crippen LogP contribution in [-0.2, 0) is 10.0 Å². The van der Waals surface area contributed by atoms with Gasteiger partial charge in [0.2, 0.25) is 0 Å². The highest BCUT2D eigenvalue weighted by Crippen LogP contribution is 2.30. The van der Waals surface area contributed by atoms with Gasteiger partial charge < -0.3 is 9.47 Å². The van der Waals surface area contributed by atoms with E-state index >= 15 is 0 Å². The van der Waals surface area contributed by atoms with Gasteiger partial charge in [-0.2, -0.15) is 0 Å². The fourth-order valence-electron chi connectivity index (χ4n) is 2.74. The van der Waals surface area contributed by atoms with E-state index in [1.54, 1.807) is 41.2 Å². The molecule has 1 aromatic heterocycles. The Kier molecular flexibility index (Phi) is 5.55. The van der Waals surface area contributed by atoms with Gasteiger partial charge in [0.1, 0.15) is 16.4 Å². The number of hydrogen-bond donors (Lipinski definition) is 1. The molecule has 0 atom stereocenters. The molecule has 0 aliphatic heterocycles. The first-order chi connectivity index (χ1) is 13.4. The van der Waals surface area contributed by atoms with Crippen LogP contribution in [0.15, 0.2) is 53.6 Å². The molecular weight excluding hydrogens is 380 g/mol. The Hall–Kier alpha value is -3.07. The predicted molar refractivity (Wildman–Crippen MR) is 106 cm³/mol. The van der Waals surface area contributed by atoms with E-state index in [-0.39, 0.29) is 16.6 Å². The van der Waals surface area contributed by atoms with Crippen molar-refractivity contribution < 1.29 is 17.9 Å². The Morgan fingerprint density at radius 3 is 2.54 bits per heavy atom. The van der Waals surface area contributed by atoms with E-state index in [2.05, 4.69) is 15.0 Å². The van der Waals surface area contributed by atoms with Crippen molar-refractivity contribution in [2.45, 2.75) is 24.7 Å². The summed E-state index contributed by atoms with van der Waals surface area (Å²) in [7, 11) is -1.01. The van der Waals surface area contributed by atoms with Gasteiger partial charge in [0.05, 0.1) is 37.5 Å². The van der Waals surface area contributed by atoms with Crippen LogP contribution >= 0.6 is 0 Å². The number of anilines is 1. The molecule has 9 heteroatoms. The summed E-state index contributed by atoms with van der Waals surface area (Å²) in [5, 5.41) is 8.06. The Balaban J connectivity index is 1.97. The summed E-state index contributed by atoms with van der Waals surface area (Å²) >= 11 is 0. The largest absolute Gasteiger partial charge is 0.497 e. The molecule has 0 saturated heterocycles. The average Bonchev–Trinajstić information content (AvgIpc) is 3.17. The number of benzene rings is 2. The Labute approximate surface area is 164 Å². The van der Waals surface area contributed by atoms with Gasteiger partial charge >= 0.3 is 0 Å². The van der Waals surface area contributed by atoms with Gasteiger partial charge in [0, 0.05) is 6.07 Å². The van der Waals surface area contributed by atoms with Crippen LogP contribution in [0.2, 0.25) is 0 Å². The van der Waals surface area contributed by atoms with Crippen LogP contribution in [0.1, 0.15) is 25.5 Å². The summed E-state index contributed by atoms with van der Waals surface area (Å²) in [5.41, 5.74) is 2.03. The van der Waals surface area contributed by atoms with Gasteiger partial charge in [-0.1, -0.05) is 25.1 Å². The Morgan fingerprint density at radius 1 is 1.07 bits per heavy atom. The van der Waals surface area contributed by atoms with Crippen molar-refractivity contribution in [3.05, 3.63) is 54.4 Å². The fourth-order valence-corrected chi connectivity index (χ4v) is 3.98. The van der Waals surface area contributed by atoms with Crippen molar-refractivity contribution in [3.8, 4) is 17.2 Å². The highest BCUT2D eigenvalue weighted by Gasteiger charge is 2.21. The van der Waals surface area contributed by atoms with E-state index < -0.39 is 10.0 Å². The second-order valence-corrected chi connectivity index (χ2v) is 8.05. The minimum absolute atomic E-state index is 0.0108. The van der Waals surface area contributed by atoms with Gasteiger partial charge in [-0.3, -0.25) is 4.72 Å². The highest BCUT2D eigenvalue weighted by atomic mass is 32.2. The first-order valence-electron chi connectivity index (χ1n) is 8.61. The van der Waals surface area contributed by atoms with Crippen molar-refractivity contribution in [2.75, 3.05) is 18.9 Å². The summed E-state index contributed by atoms with van der Waals surface area (Å²) in [6.45, 7) is 4.08.